The van der Waals surface area contributed by atoms with Crippen LogP contribution in [0.1, 0.15) is 11.1 Å². The van der Waals surface area contributed by atoms with Crippen molar-refractivity contribution in [3.05, 3.63) is 77.6 Å². The van der Waals surface area contributed by atoms with Crippen LogP contribution in [0.5, 0.6) is 5.75 Å². The van der Waals surface area contributed by atoms with E-state index in [0.717, 1.165) is 22.3 Å². The highest BCUT2D eigenvalue weighted by molar-refractivity contribution is 5.83. The second-order valence-electron chi connectivity index (χ2n) is 4.91. The second-order valence-corrected chi connectivity index (χ2v) is 4.91. The van der Waals surface area contributed by atoms with E-state index in [9.17, 15) is 4.39 Å². The number of hydrogen-bond donors (Lipinski definition) is 1. The van der Waals surface area contributed by atoms with Gasteiger partial charge in [0.05, 0.1) is 0 Å². The zero-order chi connectivity index (χ0) is 14.7. The summed E-state index contributed by atoms with van der Waals surface area (Å²) in [7, 11) is 0. The maximum atomic E-state index is 13.3. The monoisotopic (exact) mass is 281 g/mol. The zero-order valence-corrected chi connectivity index (χ0v) is 11.6. The number of fused-ring (bicyclic) bond motifs is 1. The van der Waals surface area contributed by atoms with Crippen molar-refractivity contribution in [2.45, 2.75) is 13.2 Å². The van der Waals surface area contributed by atoms with Gasteiger partial charge in [-0.15, -0.1) is 0 Å². The number of benzene rings is 3. The van der Waals surface area contributed by atoms with Gasteiger partial charge in [-0.05, 0) is 46.2 Å². The van der Waals surface area contributed by atoms with Crippen LogP contribution < -0.4 is 10.5 Å². The van der Waals surface area contributed by atoms with E-state index in [1.807, 2.05) is 36.4 Å². The van der Waals surface area contributed by atoms with Crippen LogP contribution in [-0.2, 0) is 13.2 Å². The first-order chi connectivity index (χ1) is 10.3. The quantitative estimate of drug-likeness (QED) is 0.784. The Kier molecular flexibility index (Phi) is 3.84. The van der Waals surface area contributed by atoms with Gasteiger partial charge in [-0.1, -0.05) is 36.4 Å². The Bertz CT molecular complexity index is 770. The standard InChI is InChI=1S/C18H16FNO/c19-17-7-5-15(11-20)16(9-17)12-21-18-8-6-13-3-1-2-4-14(13)10-18/h1-10H,11-12,20H2. The largest absolute Gasteiger partial charge is 0.489 e. The van der Waals surface area contributed by atoms with E-state index in [0.29, 0.717) is 13.2 Å². The van der Waals surface area contributed by atoms with E-state index in [2.05, 4.69) is 6.07 Å². The topological polar surface area (TPSA) is 35.2 Å². The summed E-state index contributed by atoms with van der Waals surface area (Å²) >= 11 is 0. The van der Waals surface area contributed by atoms with Crippen LogP contribution in [0.4, 0.5) is 4.39 Å². The molecule has 0 bridgehead atoms. The zero-order valence-electron chi connectivity index (χ0n) is 11.6. The number of nitrogens with two attached hydrogens (primary N) is 1. The van der Waals surface area contributed by atoms with Crippen molar-refractivity contribution in [2.24, 2.45) is 5.73 Å². The Hall–Kier alpha value is -2.39. The first-order valence-electron chi connectivity index (χ1n) is 6.85. The lowest BCUT2D eigenvalue weighted by molar-refractivity contribution is 0.304. The van der Waals surface area contributed by atoms with Crippen LogP contribution >= 0.6 is 0 Å². The molecule has 2 N–H and O–H groups in total. The molecule has 0 aliphatic rings. The van der Waals surface area contributed by atoms with E-state index < -0.39 is 0 Å². The highest BCUT2D eigenvalue weighted by Gasteiger charge is 2.04. The van der Waals surface area contributed by atoms with Crippen molar-refractivity contribution in [3.63, 3.8) is 0 Å². The fourth-order valence-electron chi connectivity index (χ4n) is 2.35. The maximum absolute atomic E-state index is 13.3. The van der Waals surface area contributed by atoms with Crippen molar-refractivity contribution in [2.75, 3.05) is 0 Å². The van der Waals surface area contributed by atoms with E-state index >= 15 is 0 Å². The molecule has 3 aromatic carbocycles. The molecule has 3 rings (SSSR count). The number of ether oxygens (including phenoxy) is 1. The third-order valence-electron chi connectivity index (χ3n) is 3.50. The van der Waals surface area contributed by atoms with Gasteiger partial charge in [0, 0.05) is 6.54 Å². The minimum Gasteiger partial charge on any atom is -0.489 e. The SMILES string of the molecule is NCc1ccc(F)cc1COc1ccc2ccccc2c1. The fraction of sp³-hybridized carbons (Fsp3) is 0.111. The molecule has 0 saturated heterocycles. The molecule has 2 nitrogen and oxygen atoms in total. The van der Waals surface area contributed by atoms with Crippen LogP contribution in [0.15, 0.2) is 60.7 Å². The van der Waals surface area contributed by atoms with Crippen molar-refractivity contribution in [1.82, 2.24) is 0 Å². The average molecular weight is 281 g/mol. The third kappa shape index (κ3) is 3.03. The van der Waals surface area contributed by atoms with Crippen LogP contribution in [0.3, 0.4) is 0 Å². The summed E-state index contributed by atoms with van der Waals surface area (Å²) in [5, 5.41) is 2.28. The van der Waals surface area contributed by atoms with Crippen molar-refractivity contribution >= 4 is 10.8 Å². The van der Waals surface area contributed by atoms with Crippen LogP contribution in [0.2, 0.25) is 0 Å². The molecule has 0 aliphatic heterocycles. The van der Waals surface area contributed by atoms with E-state index in [1.165, 1.54) is 17.5 Å². The Morgan fingerprint density at radius 2 is 1.67 bits per heavy atom. The molecule has 0 aromatic heterocycles. The van der Waals surface area contributed by atoms with Gasteiger partial charge in [0.1, 0.15) is 18.2 Å². The van der Waals surface area contributed by atoms with Gasteiger partial charge in [0.15, 0.2) is 0 Å². The molecule has 3 aromatic rings. The van der Waals surface area contributed by atoms with Gasteiger partial charge in [0.2, 0.25) is 0 Å². The van der Waals surface area contributed by atoms with Crippen molar-refractivity contribution in [3.8, 4) is 5.75 Å². The number of hydrogen-bond acceptors (Lipinski definition) is 2. The minimum atomic E-state index is -0.274. The normalized spacial score (nSPS) is 10.8. The Labute approximate surface area is 123 Å². The van der Waals surface area contributed by atoms with Gasteiger partial charge in [-0.3, -0.25) is 0 Å². The highest BCUT2D eigenvalue weighted by atomic mass is 19.1. The van der Waals surface area contributed by atoms with Crippen LogP contribution in [0, 0.1) is 5.82 Å². The highest BCUT2D eigenvalue weighted by Crippen LogP contribution is 2.22. The number of halogens is 1. The molecule has 3 heteroatoms. The maximum Gasteiger partial charge on any atom is 0.123 e. The minimum absolute atomic E-state index is 0.274. The van der Waals surface area contributed by atoms with Gasteiger partial charge >= 0.3 is 0 Å². The summed E-state index contributed by atoms with van der Waals surface area (Å²) in [6.07, 6.45) is 0. The predicted octanol–water partition coefficient (Wildman–Crippen LogP) is 4.02. The lowest BCUT2D eigenvalue weighted by Crippen LogP contribution is -2.05. The molecule has 0 fully saturated rings. The molecule has 0 heterocycles. The Morgan fingerprint density at radius 3 is 2.48 bits per heavy atom. The summed E-state index contributed by atoms with van der Waals surface area (Å²) in [6.45, 7) is 0.680. The molecule has 0 saturated carbocycles. The Balaban J connectivity index is 1.81. The molecule has 106 valence electrons. The molecule has 0 atom stereocenters. The van der Waals surface area contributed by atoms with Gasteiger partial charge < -0.3 is 10.5 Å². The molecule has 0 unspecified atom stereocenters. The smallest absolute Gasteiger partial charge is 0.123 e. The van der Waals surface area contributed by atoms with E-state index in [1.54, 1.807) is 6.07 Å². The van der Waals surface area contributed by atoms with Gasteiger partial charge in [-0.2, -0.15) is 0 Å². The molecule has 0 radical (unpaired) electrons. The van der Waals surface area contributed by atoms with Crippen molar-refractivity contribution < 1.29 is 9.13 Å². The summed E-state index contributed by atoms with van der Waals surface area (Å²) in [5.41, 5.74) is 7.35. The molecular weight excluding hydrogens is 265 g/mol. The molecule has 21 heavy (non-hydrogen) atoms. The lowest BCUT2D eigenvalue weighted by atomic mass is 10.1. The lowest BCUT2D eigenvalue weighted by Gasteiger charge is -2.11. The van der Waals surface area contributed by atoms with Crippen molar-refractivity contribution in [1.29, 1.82) is 0 Å². The summed E-state index contributed by atoms with van der Waals surface area (Å²) < 4.78 is 19.1. The first-order valence-corrected chi connectivity index (χ1v) is 6.85. The fourth-order valence-corrected chi connectivity index (χ4v) is 2.35. The summed E-state index contributed by atoms with van der Waals surface area (Å²) in [5.74, 6) is 0.491. The predicted molar refractivity (Wildman–Crippen MR) is 82.6 cm³/mol. The number of rotatable bonds is 4. The first kappa shape index (κ1) is 13.6. The van der Waals surface area contributed by atoms with Gasteiger partial charge in [0.25, 0.3) is 0 Å². The molecule has 0 spiro atoms. The van der Waals surface area contributed by atoms with Crippen LogP contribution in [-0.4, -0.2) is 0 Å². The van der Waals surface area contributed by atoms with Gasteiger partial charge in [-0.25, -0.2) is 4.39 Å². The summed E-state index contributed by atoms with van der Waals surface area (Å²) in [4.78, 5) is 0. The molecule has 0 amide bonds. The van der Waals surface area contributed by atoms with Crippen LogP contribution in [0.25, 0.3) is 10.8 Å². The Morgan fingerprint density at radius 1 is 0.857 bits per heavy atom. The molecule has 0 aliphatic carbocycles. The molecular formula is C18H16FNO. The second kappa shape index (κ2) is 5.94. The van der Waals surface area contributed by atoms with E-state index in [-0.39, 0.29) is 5.82 Å². The van der Waals surface area contributed by atoms with E-state index in [4.69, 9.17) is 10.5 Å². The summed E-state index contributed by atoms with van der Waals surface area (Å²) in [6, 6.07) is 18.6. The third-order valence-corrected chi connectivity index (χ3v) is 3.50. The average Bonchev–Trinajstić information content (AvgIpc) is 2.53.